The average molecular weight is 290 g/mol. The number of hydrogen-bond donors (Lipinski definition) is 1. The number of carbonyl (C=O) groups excluding carboxylic acids is 2. The van der Waals surface area contributed by atoms with E-state index in [0.717, 1.165) is 12.8 Å². The molecule has 0 saturated carbocycles. The summed E-state index contributed by atoms with van der Waals surface area (Å²) in [5.74, 6) is -0.159. The van der Waals surface area contributed by atoms with Gasteiger partial charge in [0.2, 0.25) is 0 Å². The third-order valence-electron chi connectivity index (χ3n) is 3.65. The van der Waals surface area contributed by atoms with Crippen LogP contribution >= 0.6 is 0 Å². The zero-order valence-electron chi connectivity index (χ0n) is 12.6. The van der Waals surface area contributed by atoms with E-state index in [2.05, 4.69) is 5.32 Å². The Kier molecular flexibility index (Phi) is 5.33. The number of carbonyl (C=O) groups is 2. The Hall–Kier alpha value is -1.88. The summed E-state index contributed by atoms with van der Waals surface area (Å²) in [6.07, 6.45) is 1.30. The van der Waals surface area contributed by atoms with E-state index in [0.29, 0.717) is 30.9 Å². The molecule has 21 heavy (non-hydrogen) atoms. The van der Waals surface area contributed by atoms with Crippen molar-refractivity contribution in [2.75, 3.05) is 25.0 Å². The summed E-state index contributed by atoms with van der Waals surface area (Å²) in [5, 5.41) is 2.82. The van der Waals surface area contributed by atoms with Gasteiger partial charge < -0.3 is 15.0 Å². The summed E-state index contributed by atoms with van der Waals surface area (Å²) >= 11 is 0. The first-order valence-electron chi connectivity index (χ1n) is 7.47. The molecule has 1 N–H and O–H groups in total. The van der Waals surface area contributed by atoms with Gasteiger partial charge >= 0.3 is 0 Å². The van der Waals surface area contributed by atoms with Crippen LogP contribution in [0.4, 0.5) is 5.69 Å². The Labute approximate surface area is 125 Å². The molecule has 1 heterocycles. The molecule has 5 heteroatoms. The largest absolute Gasteiger partial charge is 0.368 e. The van der Waals surface area contributed by atoms with Crippen LogP contribution in [0.3, 0.4) is 0 Å². The van der Waals surface area contributed by atoms with Crippen molar-refractivity contribution in [3.8, 4) is 0 Å². The molecule has 2 rings (SSSR count). The fraction of sp³-hybridized carbons (Fsp3) is 0.500. The number of benzene rings is 1. The van der Waals surface area contributed by atoms with Gasteiger partial charge in [0.25, 0.3) is 11.8 Å². The highest BCUT2D eigenvalue weighted by molar-refractivity contribution is 5.98. The van der Waals surface area contributed by atoms with E-state index < -0.39 is 0 Å². The van der Waals surface area contributed by atoms with Crippen LogP contribution in [-0.2, 0) is 9.53 Å². The number of rotatable bonds is 5. The van der Waals surface area contributed by atoms with E-state index >= 15 is 0 Å². The van der Waals surface area contributed by atoms with Gasteiger partial charge in [-0.3, -0.25) is 9.59 Å². The van der Waals surface area contributed by atoms with Crippen molar-refractivity contribution in [1.82, 2.24) is 4.90 Å². The van der Waals surface area contributed by atoms with Crippen molar-refractivity contribution >= 4 is 17.5 Å². The molecule has 0 aromatic heterocycles. The van der Waals surface area contributed by atoms with Crippen LogP contribution in [0.5, 0.6) is 0 Å². The first-order chi connectivity index (χ1) is 10.2. The molecule has 114 valence electrons. The van der Waals surface area contributed by atoms with Crippen molar-refractivity contribution in [3.05, 3.63) is 29.8 Å². The second kappa shape index (κ2) is 7.22. The van der Waals surface area contributed by atoms with Crippen LogP contribution in [0.25, 0.3) is 0 Å². The Balaban J connectivity index is 2.06. The van der Waals surface area contributed by atoms with Crippen molar-refractivity contribution in [2.24, 2.45) is 0 Å². The second-order valence-electron chi connectivity index (χ2n) is 5.05. The van der Waals surface area contributed by atoms with E-state index in [-0.39, 0.29) is 17.9 Å². The fourth-order valence-corrected chi connectivity index (χ4v) is 2.43. The van der Waals surface area contributed by atoms with E-state index in [1.54, 1.807) is 29.2 Å². The van der Waals surface area contributed by atoms with Crippen molar-refractivity contribution in [3.63, 3.8) is 0 Å². The predicted octanol–water partition coefficient (Wildman–Crippen LogP) is 2.29. The molecule has 1 fully saturated rings. The van der Waals surface area contributed by atoms with Crippen molar-refractivity contribution < 1.29 is 14.3 Å². The van der Waals surface area contributed by atoms with E-state index in [4.69, 9.17) is 4.74 Å². The van der Waals surface area contributed by atoms with E-state index in [9.17, 15) is 9.59 Å². The topological polar surface area (TPSA) is 58.6 Å². The van der Waals surface area contributed by atoms with Gasteiger partial charge in [0.15, 0.2) is 0 Å². The standard InChI is InChI=1S/C16H22N2O3/c1-3-18(4-2)16(20)12-7-5-8-13(11-12)17-15(19)14-9-6-10-21-14/h5,7-8,11,14H,3-4,6,9-10H2,1-2H3,(H,17,19)/t14-/m0/s1. The van der Waals surface area contributed by atoms with Crippen LogP contribution in [0.2, 0.25) is 0 Å². The lowest BCUT2D eigenvalue weighted by Gasteiger charge is -2.19. The smallest absolute Gasteiger partial charge is 0.253 e. The fourth-order valence-electron chi connectivity index (χ4n) is 2.43. The number of anilines is 1. The average Bonchev–Trinajstić information content (AvgIpc) is 3.03. The van der Waals surface area contributed by atoms with Crippen LogP contribution in [0, 0.1) is 0 Å². The van der Waals surface area contributed by atoms with E-state index in [1.165, 1.54) is 0 Å². The summed E-state index contributed by atoms with van der Waals surface area (Å²) < 4.78 is 5.35. The third kappa shape index (κ3) is 3.82. The summed E-state index contributed by atoms with van der Waals surface area (Å²) in [4.78, 5) is 26.1. The zero-order valence-corrected chi connectivity index (χ0v) is 12.6. The number of nitrogens with one attached hydrogen (secondary N) is 1. The highest BCUT2D eigenvalue weighted by Gasteiger charge is 2.23. The molecule has 0 unspecified atom stereocenters. The first kappa shape index (κ1) is 15.5. The maximum absolute atomic E-state index is 12.3. The lowest BCUT2D eigenvalue weighted by molar-refractivity contribution is -0.124. The maximum Gasteiger partial charge on any atom is 0.253 e. The van der Waals surface area contributed by atoms with Gasteiger partial charge in [-0.2, -0.15) is 0 Å². The Bertz CT molecular complexity index is 506. The van der Waals surface area contributed by atoms with Gasteiger partial charge in [0, 0.05) is 30.9 Å². The molecular weight excluding hydrogens is 268 g/mol. The minimum Gasteiger partial charge on any atom is -0.368 e. The van der Waals surface area contributed by atoms with Crippen molar-refractivity contribution in [2.45, 2.75) is 32.8 Å². The van der Waals surface area contributed by atoms with Crippen molar-refractivity contribution in [1.29, 1.82) is 0 Å². The minimum absolute atomic E-state index is 0.0202. The van der Waals surface area contributed by atoms with E-state index in [1.807, 2.05) is 13.8 Å². The Morgan fingerprint density at radius 3 is 2.71 bits per heavy atom. The maximum atomic E-state index is 12.3. The van der Waals surface area contributed by atoms with Gasteiger partial charge in [0.1, 0.15) is 6.10 Å². The molecule has 1 aliphatic rings. The molecule has 1 aliphatic heterocycles. The molecule has 0 bridgehead atoms. The summed E-state index contributed by atoms with van der Waals surface area (Å²) in [6, 6.07) is 7.05. The molecule has 1 saturated heterocycles. The van der Waals surface area contributed by atoms with Crippen LogP contribution in [-0.4, -0.2) is 42.5 Å². The van der Waals surface area contributed by atoms with Crippen LogP contribution in [0.1, 0.15) is 37.0 Å². The summed E-state index contributed by atoms with van der Waals surface area (Å²) in [6.45, 7) is 5.87. The van der Waals surface area contributed by atoms with Gasteiger partial charge in [-0.15, -0.1) is 0 Å². The highest BCUT2D eigenvalue weighted by atomic mass is 16.5. The number of amides is 2. The molecule has 1 aromatic rings. The number of nitrogens with zero attached hydrogens (tertiary/aromatic N) is 1. The predicted molar refractivity (Wildman–Crippen MR) is 81.3 cm³/mol. The Morgan fingerprint density at radius 1 is 1.33 bits per heavy atom. The van der Waals surface area contributed by atoms with Crippen LogP contribution in [0.15, 0.2) is 24.3 Å². The number of ether oxygens (including phenoxy) is 1. The van der Waals surface area contributed by atoms with Gasteiger partial charge in [-0.1, -0.05) is 6.07 Å². The molecule has 1 atom stereocenters. The SMILES string of the molecule is CCN(CC)C(=O)c1cccc(NC(=O)[C@@H]2CCCO2)c1. The molecule has 0 spiro atoms. The minimum atomic E-state index is -0.368. The lowest BCUT2D eigenvalue weighted by Crippen LogP contribution is -2.30. The summed E-state index contributed by atoms with van der Waals surface area (Å²) in [5.41, 5.74) is 1.22. The molecular formula is C16H22N2O3. The molecule has 0 aliphatic carbocycles. The molecule has 0 radical (unpaired) electrons. The monoisotopic (exact) mass is 290 g/mol. The second-order valence-corrected chi connectivity index (χ2v) is 5.05. The molecule has 2 amide bonds. The molecule has 5 nitrogen and oxygen atoms in total. The summed E-state index contributed by atoms with van der Waals surface area (Å²) in [7, 11) is 0. The number of hydrogen-bond acceptors (Lipinski definition) is 3. The normalized spacial score (nSPS) is 17.5. The van der Waals surface area contributed by atoms with Gasteiger partial charge in [-0.25, -0.2) is 0 Å². The third-order valence-corrected chi connectivity index (χ3v) is 3.65. The van der Waals surface area contributed by atoms with Gasteiger partial charge in [-0.05, 0) is 44.9 Å². The quantitative estimate of drug-likeness (QED) is 0.905. The van der Waals surface area contributed by atoms with Crippen LogP contribution < -0.4 is 5.32 Å². The first-order valence-corrected chi connectivity index (χ1v) is 7.47. The van der Waals surface area contributed by atoms with Gasteiger partial charge in [0.05, 0.1) is 0 Å². The highest BCUT2D eigenvalue weighted by Crippen LogP contribution is 2.17. The molecule has 1 aromatic carbocycles. The zero-order chi connectivity index (χ0) is 15.2. The lowest BCUT2D eigenvalue weighted by atomic mass is 10.1. The Morgan fingerprint density at radius 2 is 2.10 bits per heavy atom.